The average molecular weight is 418 g/mol. The lowest BCUT2D eigenvalue weighted by atomic mass is 10.0. The Kier molecular flexibility index (Phi) is 6.05. The van der Waals surface area contributed by atoms with Crippen molar-refractivity contribution in [1.82, 2.24) is 14.8 Å². The van der Waals surface area contributed by atoms with Crippen molar-refractivity contribution in [2.75, 3.05) is 6.61 Å². The smallest absolute Gasteiger partial charge is 0.306 e. The van der Waals surface area contributed by atoms with Crippen molar-refractivity contribution in [3.63, 3.8) is 0 Å². The molecule has 0 saturated carbocycles. The zero-order valence-electron chi connectivity index (χ0n) is 17.0. The van der Waals surface area contributed by atoms with Crippen molar-refractivity contribution in [2.45, 2.75) is 26.7 Å². The Bertz CT molecular complexity index is 1130. The van der Waals surface area contributed by atoms with Gasteiger partial charge in [0.25, 0.3) is 0 Å². The minimum atomic E-state index is -0.196. The number of esters is 1. The number of hydrogen-bond donors (Lipinski definition) is 0. The van der Waals surface area contributed by atoms with Gasteiger partial charge in [0.15, 0.2) is 0 Å². The van der Waals surface area contributed by atoms with Gasteiger partial charge in [-0.2, -0.15) is 5.10 Å². The summed E-state index contributed by atoms with van der Waals surface area (Å²) < 4.78 is 6.94. The summed E-state index contributed by atoms with van der Waals surface area (Å²) in [5, 5.41) is 7.72. The van der Waals surface area contributed by atoms with Crippen molar-refractivity contribution in [2.24, 2.45) is 0 Å². The van der Waals surface area contributed by atoms with Gasteiger partial charge in [-0.15, -0.1) is 11.3 Å². The number of carbonyl (C=O) groups excluding carboxylic acids is 1. The number of hydrogen-bond acceptors (Lipinski definition) is 5. The fourth-order valence-corrected chi connectivity index (χ4v) is 4.23. The number of aryl methyl sites for hydroxylation is 1. The van der Waals surface area contributed by atoms with E-state index in [0.717, 1.165) is 38.9 Å². The zero-order valence-corrected chi connectivity index (χ0v) is 17.9. The first-order valence-electron chi connectivity index (χ1n) is 9.98. The monoisotopic (exact) mass is 417 g/mol. The summed E-state index contributed by atoms with van der Waals surface area (Å²) in [4.78, 5) is 16.4. The van der Waals surface area contributed by atoms with Gasteiger partial charge in [0.1, 0.15) is 0 Å². The molecule has 0 aliphatic heterocycles. The summed E-state index contributed by atoms with van der Waals surface area (Å²) in [6.07, 6.45) is 0.887. The van der Waals surface area contributed by atoms with Crippen LogP contribution in [0.5, 0.6) is 0 Å². The number of thiazole rings is 1. The second-order valence-corrected chi connectivity index (χ2v) is 7.73. The molecule has 5 nitrogen and oxygen atoms in total. The number of rotatable bonds is 7. The highest BCUT2D eigenvalue weighted by Gasteiger charge is 2.20. The van der Waals surface area contributed by atoms with E-state index >= 15 is 0 Å². The van der Waals surface area contributed by atoms with Crippen molar-refractivity contribution < 1.29 is 9.53 Å². The molecule has 0 amide bonds. The third kappa shape index (κ3) is 4.19. The van der Waals surface area contributed by atoms with E-state index in [2.05, 4.69) is 31.2 Å². The van der Waals surface area contributed by atoms with Crippen LogP contribution in [0.4, 0.5) is 0 Å². The molecule has 0 atom stereocenters. The molecule has 0 spiro atoms. The van der Waals surface area contributed by atoms with E-state index in [-0.39, 0.29) is 5.97 Å². The first-order chi connectivity index (χ1) is 14.7. The SMILES string of the molecule is CCOC(=O)CCc1csc(-n2nc(-c3ccccc3)c(C)c2-c2ccccc2)n1. The Morgan fingerprint density at radius 3 is 2.37 bits per heavy atom. The molecule has 0 aliphatic carbocycles. The standard InChI is InChI=1S/C24H23N3O2S/c1-3-29-21(28)15-14-20-16-30-24(25-20)27-23(19-12-8-5-9-13-19)17(2)22(26-27)18-10-6-4-7-11-18/h4-13,16H,3,14-15H2,1-2H3. The van der Waals surface area contributed by atoms with Crippen LogP contribution in [0.2, 0.25) is 0 Å². The highest BCUT2D eigenvalue weighted by atomic mass is 32.1. The highest BCUT2D eigenvalue weighted by molar-refractivity contribution is 7.12. The minimum Gasteiger partial charge on any atom is -0.466 e. The first kappa shape index (κ1) is 20.0. The summed E-state index contributed by atoms with van der Waals surface area (Å²) in [6.45, 7) is 4.31. The van der Waals surface area contributed by atoms with Crippen molar-refractivity contribution in [3.8, 4) is 27.6 Å². The number of ether oxygens (including phenoxy) is 1. The van der Waals surface area contributed by atoms with Gasteiger partial charge in [0.2, 0.25) is 5.13 Å². The summed E-state index contributed by atoms with van der Waals surface area (Å²) in [6, 6.07) is 20.4. The lowest BCUT2D eigenvalue weighted by Crippen LogP contribution is -2.05. The maximum absolute atomic E-state index is 11.7. The molecule has 0 aliphatic rings. The highest BCUT2D eigenvalue weighted by Crippen LogP contribution is 2.34. The maximum atomic E-state index is 11.7. The van der Waals surface area contributed by atoms with Crippen LogP contribution in [0.3, 0.4) is 0 Å². The molecule has 0 fully saturated rings. The van der Waals surface area contributed by atoms with Gasteiger partial charge in [-0.05, 0) is 13.8 Å². The van der Waals surface area contributed by atoms with Crippen LogP contribution >= 0.6 is 11.3 Å². The molecule has 30 heavy (non-hydrogen) atoms. The van der Waals surface area contributed by atoms with Gasteiger partial charge in [-0.3, -0.25) is 4.79 Å². The van der Waals surface area contributed by atoms with Crippen LogP contribution in [-0.2, 0) is 16.0 Å². The lowest BCUT2D eigenvalue weighted by molar-refractivity contribution is -0.143. The Hall–Kier alpha value is -3.25. The molecule has 152 valence electrons. The molecule has 0 saturated heterocycles. The second-order valence-electron chi connectivity index (χ2n) is 6.89. The molecule has 4 rings (SSSR count). The van der Waals surface area contributed by atoms with E-state index in [4.69, 9.17) is 14.8 Å². The Morgan fingerprint density at radius 1 is 1.03 bits per heavy atom. The van der Waals surface area contributed by atoms with Crippen LogP contribution < -0.4 is 0 Å². The van der Waals surface area contributed by atoms with Gasteiger partial charge in [0.05, 0.1) is 30.1 Å². The fraction of sp³-hybridized carbons (Fsp3) is 0.208. The maximum Gasteiger partial charge on any atom is 0.306 e. The van der Waals surface area contributed by atoms with E-state index in [9.17, 15) is 4.79 Å². The fourth-order valence-electron chi connectivity index (χ4n) is 3.41. The summed E-state index contributed by atoms with van der Waals surface area (Å²) >= 11 is 1.53. The topological polar surface area (TPSA) is 57.0 Å². The summed E-state index contributed by atoms with van der Waals surface area (Å²) in [7, 11) is 0. The normalized spacial score (nSPS) is 10.9. The summed E-state index contributed by atoms with van der Waals surface area (Å²) in [5.74, 6) is -0.196. The number of aromatic nitrogens is 3. The van der Waals surface area contributed by atoms with E-state index in [1.165, 1.54) is 11.3 Å². The van der Waals surface area contributed by atoms with Crippen LogP contribution in [0, 0.1) is 6.92 Å². The molecule has 0 radical (unpaired) electrons. The van der Waals surface area contributed by atoms with Crippen molar-refractivity contribution in [3.05, 3.63) is 77.3 Å². The zero-order chi connectivity index (χ0) is 20.9. The number of carbonyl (C=O) groups is 1. The summed E-state index contributed by atoms with van der Waals surface area (Å²) in [5.41, 5.74) is 6.11. The van der Waals surface area contributed by atoms with E-state index in [0.29, 0.717) is 19.4 Å². The lowest BCUT2D eigenvalue weighted by Gasteiger charge is -2.05. The van der Waals surface area contributed by atoms with Gasteiger partial charge in [-0.25, -0.2) is 9.67 Å². The second kappa shape index (κ2) is 9.05. The Morgan fingerprint density at radius 2 is 1.70 bits per heavy atom. The Labute approximate surface area is 180 Å². The van der Waals surface area contributed by atoms with E-state index in [1.54, 1.807) is 0 Å². The minimum absolute atomic E-state index is 0.196. The van der Waals surface area contributed by atoms with Gasteiger partial charge in [0, 0.05) is 28.5 Å². The predicted octanol–water partition coefficient (Wildman–Crippen LogP) is 5.47. The molecule has 2 aromatic heterocycles. The van der Waals surface area contributed by atoms with Crippen molar-refractivity contribution >= 4 is 17.3 Å². The molecule has 0 N–H and O–H groups in total. The third-order valence-corrected chi connectivity index (χ3v) is 5.69. The molecule has 2 aromatic carbocycles. The molecule has 0 bridgehead atoms. The van der Waals surface area contributed by atoms with E-state index < -0.39 is 0 Å². The van der Waals surface area contributed by atoms with Gasteiger partial charge < -0.3 is 4.74 Å². The van der Waals surface area contributed by atoms with Crippen LogP contribution in [0.15, 0.2) is 66.0 Å². The Balaban J connectivity index is 1.73. The van der Waals surface area contributed by atoms with Gasteiger partial charge >= 0.3 is 5.97 Å². The molecular weight excluding hydrogens is 394 g/mol. The largest absolute Gasteiger partial charge is 0.466 e. The molecule has 0 unspecified atom stereocenters. The average Bonchev–Trinajstić information content (AvgIpc) is 3.38. The number of nitrogens with zero attached hydrogens (tertiary/aromatic N) is 3. The van der Waals surface area contributed by atoms with Gasteiger partial charge in [-0.1, -0.05) is 60.7 Å². The third-order valence-electron chi connectivity index (χ3n) is 4.83. The molecule has 6 heteroatoms. The first-order valence-corrected chi connectivity index (χ1v) is 10.9. The molecule has 4 aromatic rings. The van der Waals surface area contributed by atoms with Crippen molar-refractivity contribution in [1.29, 1.82) is 0 Å². The predicted molar refractivity (Wildman–Crippen MR) is 120 cm³/mol. The van der Waals surface area contributed by atoms with Crippen LogP contribution in [0.1, 0.15) is 24.6 Å². The molecule has 2 heterocycles. The molecular formula is C24H23N3O2S. The van der Waals surface area contributed by atoms with Crippen LogP contribution in [0.25, 0.3) is 27.6 Å². The van der Waals surface area contributed by atoms with Crippen LogP contribution in [-0.4, -0.2) is 27.3 Å². The number of benzene rings is 2. The quantitative estimate of drug-likeness (QED) is 0.374. The van der Waals surface area contributed by atoms with E-state index in [1.807, 2.05) is 53.4 Å².